The number of carbonyl (C=O) groups is 2. The Morgan fingerprint density at radius 2 is 1.76 bits per heavy atom. The first-order chi connectivity index (χ1) is 10.0. The van der Waals surface area contributed by atoms with Gasteiger partial charge in [-0.05, 0) is 25.7 Å². The number of amides is 1. The number of hydrogen-bond donors (Lipinski definition) is 2. The Morgan fingerprint density at radius 1 is 1.14 bits per heavy atom. The standard InChI is InChI=1S/C15H22N2O4/c16-10-14(6-8-21-9-7-14)12(18)17-11-15(13(19)20)4-2-1-3-5-15/h1-9,11H2,(H,17,18)(H,19,20). The number of nitrogens with zero attached hydrogens (tertiary/aromatic N) is 1. The molecule has 21 heavy (non-hydrogen) atoms. The molecule has 2 rings (SSSR count). The fourth-order valence-corrected chi connectivity index (χ4v) is 3.22. The average Bonchev–Trinajstić information content (AvgIpc) is 2.54. The van der Waals surface area contributed by atoms with Gasteiger partial charge in [0, 0.05) is 19.8 Å². The fourth-order valence-electron chi connectivity index (χ4n) is 3.22. The Morgan fingerprint density at radius 3 is 2.29 bits per heavy atom. The summed E-state index contributed by atoms with van der Waals surface area (Å²) in [6.07, 6.45) is 4.71. The van der Waals surface area contributed by atoms with Crippen molar-refractivity contribution in [2.45, 2.75) is 44.9 Å². The molecule has 0 radical (unpaired) electrons. The molecule has 2 aliphatic rings. The van der Waals surface area contributed by atoms with Gasteiger partial charge in [0.25, 0.3) is 0 Å². The first-order valence-corrected chi connectivity index (χ1v) is 7.55. The summed E-state index contributed by atoms with van der Waals surface area (Å²) in [5.74, 6) is -1.19. The summed E-state index contributed by atoms with van der Waals surface area (Å²) in [6.45, 7) is 0.904. The first kappa shape index (κ1) is 15.8. The largest absolute Gasteiger partial charge is 0.481 e. The van der Waals surface area contributed by atoms with Crippen LogP contribution in [-0.2, 0) is 14.3 Å². The normalized spacial score (nSPS) is 23.8. The summed E-state index contributed by atoms with van der Waals surface area (Å²) < 4.78 is 5.20. The summed E-state index contributed by atoms with van der Waals surface area (Å²) in [5, 5.41) is 21.6. The maximum absolute atomic E-state index is 12.4. The van der Waals surface area contributed by atoms with Crippen molar-refractivity contribution in [3.05, 3.63) is 0 Å². The molecule has 0 aromatic carbocycles. The van der Waals surface area contributed by atoms with Gasteiger partial charge in [-0.2, -0.15) is 5.26 Å². The van der Waals surface area contributed by atoms with Crippen molar-refractivity contribution in [2.24, 2.45) is 10.8 Å². The van der Waals surface area contributed by atoms with Gasteiger partial charge in [-0.3, -0.25) is 9.59 Å². The number of aliphatic carboxylic acids is 1. The second-order valence-electron chi connectivity index (χ2n) is 6.14. The van der Waals surface area contributed by atoms with E-state index >= 15 is 0 Å². The van der Waals surface area contributed by atoms with Crippen LogP contribution in [0.3, 0.4) is 0 Å². The highest BCUT2D eigenvalue weighted by atomic mass is 16.5. The molecule has 0 bridgehead atoms. The minimum atomic E-state index is -1.06. The lowest BCUT2D eigenvalue weighted by Gasteiger charge is -2.35. The van der Waals surface area contributed by atoms with Crippen molar-refractivity contribution in [3.8, 4) is 6.07 Å². The van der Waals surface area contributed by atoms with E-state index in [0.717, 1.165) is 19.3 Å². The predicted molar refractivity (Wildman–Crippen MR) is 74.3 cm³/mol. The third-order valence-electron chi connectivity index (χ3n) is 4.85. The van der Waals surface area contributed by atoms with E-state index in [1.54, 1.807) is 0 Å². The highest BCUT2D eigenvalue weighted by Crippen LogP contribution is 2.37. The van der Waals surface area contributed by atoms with Gasteiger partial charge in [-0.1, -0.05) is 19.3 Å². The number of nitriles is 1. The summed E-state index contributed by atoms with van der Waals surface area (Å²) in [7, 11) is 0. The molecule has 0 aromatic heterocycles. The zero-order chi connectivity index (χ0) is 15.3. The van der Waals surface area contributed by atoms with Crippen molar-refractivity contribution in [3.63, 3.8) is 0 Å². The summed E-state index contributed by atoms with van der Waals surface area (Å²) in [6, 6.07) is 2.11. The molecule has 6 nitrogen and oxygen atoms in total. The van der Waals surface area contributed by atoms with Crippen LogP contribution < -0.4 is 5.32 Å². The lowest BCUT2D eigenvalue weighted by atomic mass is 9.73. The van der Waals surface area contributed by atoms with Crippen molar-refractivity contribution >= 4 is 11.9 Å². The zero-order valence-electron chi connectivity index (χ0n) is 12.2. The number of carboxylic acids is 1. The van der Waals surface area contributed by atoms with Gasteiger partial charge >= 0.3 is 5.97 Å². The molecule has 1 aliphatic carbocycles. The minimum absolute atomic E-state index is 0.117. The third kappa shape index (κ3) is 3.18. The number of hydrogen-bond acceptors (Lipinski definition) is 4. The summed E-state index contributed by atoms with van der Waals surface area (Å²) in [4.78, 5) is 24.0. The van der Waals surface area contributed by atoms with E-state index in [2.05, 4.69) is 11.4 Å². The molecular formula is C15H22N2O4. The molecule has 1 aliphatic heterocycles. The van der Waals surface area contributed by atoms with Crippen molar-refractivity contribution in [1.29, 1.82) is 5.26 Å². The maximum atomic E-state index is 12.4. The van der Waals surface area contributed by atoms with Crippen molar-refractivity contribution < 1.29 is 19.4 Å². The quantitative estimate of drug-likeness (QED) is 0.817. The number of carbonyl (C=O) groups excluding carboxylic acids is 1. The van der Waals surface area contributed by atoms with E-state index in [4.69, 9.17) is 4.74 Å². The van der Waals surface area contributed by atoms with Crippen molar-refractivity contribution in [2.75, 3.05) is 19.8 Å². The van der Waals surface area contributed by atoms with Gasteiger partial charge in [0.1, 0.15) is 5.41 Å². The summed E-state index contributed by atoms with van der Waals surface area (Å²) in [5.41, 5.74) is -1.93. The number of carboxylic acid groups (broad SMARTS) is 1. The molecule has 1 saturated carbocycles. The lowest BCUT2D eigenvalue weighted by molar-refractivity contribution is -0.151. The molecule has 0 aromatic rings. The molecule has 1 amide bonds. The molecule has 0 unspecified atom stereocenters. The van der Waals surface area contributed by atoms with Gasteiger partial charge in [0.2, 0.25) is 5.91 Å². The molecule has 1 heterocycles. The van der Waals surface area contributed by atoms with Crippen LogP contribution in [0.4, 0.5) is 0 Å². The zero-order valence-corrected chi connectivity index (χ0v) is 12.2. The molecular weight excluding hydrogens is 272 g/mol. The van der Waals surface area contributed by atoms with Gasteiger partial charge in [0.15, 0.2) is 0 Å². The molecule has 0 atom stereocenters. The van der Waals surface area contributed by atoms with Gasteiger partial charge < -0.3 is 15.2 Å². The van der Waals surface area contributed by atoms with Gasteiger partial charge in [-0.15, -0.1) is 0 Å². The van der Waals surface area contributed by atoms with E-state index in [9.17, 15) is 20.0 Å². The van der Waals surface area contributed by atoms with Crippen LogP contribution in [0.1, 0.15) is 44.9 Å². The minimum Gasteiger partial charge on any atom is -0.481 e. The van der Waals surface area contributed by atoms with Crippen molar-refractivity contribution in [1.82, 2.24) is 5.32 Å². The highest BCUT2D eigenvalue weighted by Gasteiger charge is 2.44. The van der Waals surface area contributed by atoms with Gasteiger partial charge in [-0.25, -0.2) is 0 Å². The second-order valence-corrected chi connectivity index (χ2v) is 6.14. The highest BCUT2D eigenvalue weighted by molar-refractivity contribution is 5.86. The monoisotopic (exact) mass is 294 g/mol. The number of nitrogens with one attached hydrogen (secondary N) is 1. The van der Waals surface area contributed by atoms with Crippen LogP contribution in [0.5, 0.6) is 0 Å². The summed E-state index contributed by atoms with van der Waals surface area (Å²) >= 11 is 0. The third-order valence-corrected chi connectivity index (χ3v) is 4.85. The predicted octanol–water partition coefficient (Wildman–Crippen LogP) is 1.46. The molecule has 116 valence electrons. The Kier molecular flexibility index (Phi) is 4.84. The van der Waals surface area contributed by atoms with Crippen LogP contribution in [0.25, 0.3) is 0 Å². The number of rotatable bonds is 4. The Bertz CT molecular complexity index is 443. The maximum Gasteiger partial charge on any atom is 0.311 e. The Balaban J connectivity index is 2.01. The topological polar surface area (TPSA) is 99.4 Å². The SMILES string of the molecule is N#CC1(C(=O)NCC2(C(=O)O)CCCCC2)CCOCC1. The molecule has 2 N–H and O–H groups in total. The smallest absolute Gasteiger partial charge is 0.311 e. The van der Waals surface area contributed by atoms with Gasteiger partial charge in [0.05, 0.1) is 11.5 Å². The van der Waals surface area contributed by atoms with E-state index in [1.807, 2.05) is 0 Å². The van der Waals surface area contributed by atoms with E-state index in [0.29, 0.717) is 38.9 Å². The first-order valence-electron chi connectivity index (χ1n) is 7.55. The Labute approximate surface area is 124 Å². The lowest BCUT2D eigenvalue weighted by Crippen LogP contribution is -2.50. The van der Waals surface area contributed by atoms with E-state index in [1.165, 1.54) is 0 Å². The van der Waals surface area contributed by atoms with E-state index < -0.39 is 16.8 Å². The van der Waals surface area contributed by atoms with Crippen LogP contribution >= 0.6 is 0 Å². The molecule has 6 heteroatoms. The van der Waals surface area contributed by atoms with Crippen LogP contribution in [0, 0.1) is 22.2 Å². The van der Waals surface area contributed by atoms with Crippen LogP contribution in [-0.4, -0.2) is 36.7 Å². The molecule has 0 spiro atoms. The second kappa shape index (κ2) is 6.44. The fraction of sp³-hybridized carbons (Fsp3) is 0.800. The molecule has 2 fully saturated rings. The number of ether oxygens (including phenoxy) is 1. The molecule has 1 saturated heterocycles. The van der Waals surface area contributed by atoms with Crippen LogP contribution in [0.15, 0.2) is 0 Å². The Hall–Kier alpha value is -1.61. The van der Waals surface area contributed by atoms with E-state index in [-0.39, 0.29) is 12.5 Å². The average molecular weight is 294 g/mol. The van der Waals surface area contributed by atoms with Crippen LogP contribution in [0.2, 0.25) is 0 Å².